The summed E-state index contributed by atoms with van der Waals surface area (Å²) in [5.41, 5.74) is 2.03. The summed E-state index contributed by atoms with van der Waals surface area (Å²) in [4.78, 5) is 6.92. The van der Waals surface area contributed by atoms with E-state index in [4.69, 9.17) is 11.6 Å². The molecule has 0 amide bonds. The van der Waals surface area contributed by atoms with E-state index in [2.05, 4.69) is 66.6 Å². The molecule has 2 aliphatic rings. The number of anilines is 1. The molecular formula is C24H24ClN3. The van der Waals surface area contributed by atoms with Gasteiger partial charge in [-0.15, -0.1) is 0 Å². The normalized spacial score (nSPS) is 18.5. The van der Waals surface area contributed by atoms with Crippen molar-refractivity contribution in [2.24, 2.45) is 0 Å². The van der Waals surface area contributed by atoms with Crippen molar-refractivity contribution >= 4 is 28.2 Å². The Balaban J connectivity index is 1.30. The van der Waals surface area contributed by atoms with Crippen LogP contribution in [0.5, 0.6) is 0 Å². The van der Waals surface area contributed by atoms with Crippen LogP contribution in [0.4, 0.5) is 5.69 Å². The van der Waals surface area contributed by atoms with Gasteiger partial charge in [-0.2, -0.15) is 0 Å². The highest BCUT2D eigenvalue weighted by Crippen LogP contribution is 2.28. The maximum absolute atomic E-state index is 6.08. The molecule has 0 bridgehead atoms. The molecule has 2 aromatic rings. The van der Waals surface area contributed by atoms with Crippen LogP contribution in [0.15, 0.2) is 30.5 Å². The molecule has 10 radical (unpaired) electrons. The molecule has 142 valence electrons. The second-order valence-electron chi connectivity index (χ2n) is 7.10. The predicted octanol–water partition coefficient (Wildman–Crippen LogP) is 4.80. The molecule has 0 unspecified atom stereocenters. The molecule has 4 heteroatoms. The summed E-state index contributed by atoms with van der Waals surface area (Å²) in [6.07, 6.45) is 20.1. The Morgan fingerprint density at radius 3 is 2.25 bits per heavy atom. The molecule has 0 aliphatic heterocycles. The van der Waals surface area contributed by atoms with Crippen LogP contribution in [0.1, 0.15) is 6.42 Å². The Kier molecular flexibility index (Phi) is 7.09. The van der Waals surface area contributed by atoms with Crippen LogP contribution >= 0.6 is 11.6 Å². The van der Waals surface area contributed by atoms with E-state index < -0.39 is 0 Å². The first-order chi connectivity index (χ1) is 13.8. The van der Waals surface area contributed by atoms with Gasteiger partial charge in [-0.3, -0.25) is 4.98 Å². The lowest BCUT2D eigenvalue weighted by atomic mass is 10.0. The largest absolute Gasteiger partial charge is 0.384 e. The number of hydrogen-bond acceptors (Lipinski definition) is 3. The molecule has 4 rings (SSSR count). The fourth-order valence-corrected chi connectivity index (χ4v) is 3.74. The minimum atomic E-state index is 0.716. The van der Waals surface area contributed by atoms with Crippen molar-refractivity contribution in [3.05, 3.63) is 98.7 Å². The molecule has 0 atom stereocenters. The Labute approximate surface area is 174 Å². The van der Waals surface area contributed by atoms with Crippen molar-refractivity contribution in [1.82, 2.24) is 9.88 Å². The standard InChI is InChI=1S/C24H24ClN3/c25-21-10-11-22-23(12-14-27-24(22)16-21)26-13-5-15-28(17-19-6-1-2-7-19)18-20-8-3-4-9-20/h1-4,6-12,14,16H,5,13,15,17-18H2,(H,26,27). The van der Waals surface area contributed by atoms with Crippen LogP contribution in [-0.2, 0) is 0 Å². The third kappa shape index (κ3) is 5.39. The lowest BCUT2D eigenvalue weighted by molar-refractivity contribution is 0.303. The van der Waals surface area contributed by atoms with Gasteiger partial charge in [-0.1, -0.05) is 11.6 Å². The zero-order valence-electron chi connectivity index (χ0n) is 15.8. The number of fused-ring (bicyclic) bond motifs is 1. The van der Waals surface area contributed by atoms with Gasteiger partial charge < -0.3 is 10.2 Å². The summed E-state index contributed by atoms with van der Waals surface area (Å²) in [5, 5.41) is 5.39. The Morgan fingerprint density at radius 1 is 0.893 bits per heavy atom. The number of pyridine rings is 1. The van der Waals surface area contributed by atoms with E-state index in [1.807, 2.05) is 30.5 Å². The molecule has 2 saturated carbocycles. The second kappa shape index (κ2) is 9.93. The van der Waals surface area contributed by atoms with E-state index in [1.165, 1.54) is 11.8 Å². The minimum Gasteiger partial charge on any atom is -0.384 e. The topological polar surface area (TPSA) is 28.2 Å². The van der Waals surface area contributed by atoms with Crippen molar-refractivity contribution < 1.29 is 0 Å². The Bertz CT molecular complexity index is 733. The Hall–Kier alpha value is -1.32. The first-order valence-corrected chi connectivity index (χ1v) is 10.1. The molecule has 3 nitrogen and oxygen atoms in total. The second-order valence-corrected chi connectivity index (χ2v) is 7.53. The average Bonchev–Trinajstić information content (AvgIpc) is 3.39. The van der Waals surface area contributed by atoms with Gasteiger partial charge in [-0.05, 0) is 100 Å². The van der Waals surface area contributed by atoms with E-state index in [9.17, 15) is 0 Å². The fourth-order valence-electron chi connectivity index (χ4n) is 3.57. The number of hydrogen-bond donors (Lipinski definition) is 1. The molecular weight excluding hydrogens is 366 g/mol. The van der Waals surface area contributed by atoms with Crippen LogP contribution < -0.4 is 5.32 Å². The summed E-state index contributed by atoms with van der Waals surface area (Å²) in [6, 6.07) is 7.88. The zero-order chi connectivity index (χ0) is 19.2. The first-order valence-electron chi connectivity index (χ1n) is 9.69. The van der Waals surface area contributed by atoms with Gasteiger partial charge in [-0.25, -0.2) is 0 Å². The third-order valence-electron chi connectivity index (χ3n) is 4.95. The zero-order valence-corrected chi connectivity index (χ0v) is 16.6. The maximum atomic E-state index is 6.08. The summed E-state index contributed by atoms with van der Waals surface area (Å²) in [5.74, 6) is 2.74. The number of benzene rings is 1. The predicted molar refractivity (Wildman–Crippen MR) is 117 cm³/mol. The molecule has 0 spiro atoms. The molecule has 1 N–H and O–H groups in total. The van der Waals surface area contributed by atoms with Gasteiger partial charge in [0.25, 0.3) is 0 Å². The Morgan fingerprint density at radius 2 is 1.57 bits per heavy atom. The maximum Gasteiger partial charge on any atom is 0.0737 e. The fraction of sp³-hybridized carbons (Fsp3) is 0.208. The van der Waals surface area contributed by atoms with Gasteiger partial charge in [0.05, 0.1) is 5.52 Å². The van der Waals surface area contributed by atoms with Gasteiger partial charge in [0.15, 0.2) is 0 Å². The summed E-state index contributed by atoms with van der Waals surface area (Å²) >= 11 is 6.08. The van der Waals surface area contributed by atoms with E-state index in [0.717, 1.165) is 49.2 Å². The number of halogens is 1. The highest BCUT2D eigenvalue weighted by atomic mass is 35.5. The van der Waals surface area contributed by atoms with E-state index in [0.29, 0.717) is 5.02 Å². The van der Waals surface area contributed by atoms with Crippen molar-refractivity contribution in [1.29, 1.82) is 0 Å². The highest BCUT2D eigenvalue weighted by Gasteiger charge is 2.24. The van der Waals surface area contributed by atoms with Gasteiger partial charge >= 0.3 is 0 Å². The number of nitrogens with one attached hydrogen (secondary N) is 1. The highest BCUT2D eigenvalue weighted by molar-refractivity contribution is 6.31. The molecule has 28 heavy (non-hydrogen) atoms. The van der Waals surface area contributed by atoms with Crippen LogP contribution in [0.25, 0.3) is 10.9 Å². The number of aromatic nitrogens is 1. The SMILES string of the molecule is Clc1ccc2c(NCCCN(C[C]3[CH][CH][CH][CH]3)C[C]3[CH][CH][CH][CH]3)ccnc2c1. The molecule has 2 fully saturated rings. The van der Waals surface area contributed by atoms with Crippen molar-refractivity contribution in [2.45, 2.75) is 6.42 Å². The quantitative estimate of drug-likeness (QED) is 0.624. The lowest BCUT2D eigenvalue weighted by Gasteiger charge is -2.27. The first kappa shape index (κ1) is 20.0. The molecule has 1 aromatic heterocycles. The van der Waals surface area contributed by atoms with E-state index in [-0.39, 0.29) is 0 Å². The smallest absolute Gasteiger partial charge is 0.0737 e. The van der Waals surface area contributed by atoms with Gasteiger partial charge in [0, 0.05) is 41.9 Å². The van der Waals surface area contributed by atoms with Crippen molar-refractivity contribution in [3.63, 3.8) is 0 Å². The van der Waals surface area contributed by atoms with Gasteiger partial charge in [0.1, 0.15) is 0 Å². The van der Waals surface area contributed by atoms with Crippen LogP contribution in [0.3, 0.4) is 0 Å². The average molecular weight is 390 g/mol. The monoisotopic (exact) mass is 389 g/mol. The molecule has 0 saturated heterocycles. The molecule has 1 heterocycles. The summed E-state index contributed by atoms with van der Waals surface area (Å²) in [6.45, 7) is 3.92. The van der Waals surface area contributed by atoms with Gasteiger partial charge in [0.2, 0.25) is 0 Å². The van der Waals surface area contributed by atoms with Crippen LogP contribution in [0, 0.1) is 63.2 Å². The van der Waals surface area contributed by atoms with Crippen LogP contribution in [0.2, 0.25) is 5.02 Å². The summed E-state index contributed by atoms with van der Waals surface area (Å²) in [7, 11) is 0. The lowest BCUT2D eigenvalue weighted by Crippen LogP contribution is -2.33. The van der Waals surface area contributed by atoms with E-state index >= 15 is 0 Å². The third-order valence-corrected chi connectivity index (χ3v) is 5.18. The van der Waals surface area contributed by atoms with Crippen LogP contribution in [-0.4, -0.2) is 36.1 Å². The van der Waals surface area contributed by atoms with Crippen molar-refractivity contribution in [2.75, 3.05) is 31.5 Å². The molecule has 2 aliphatic carbocycles. The number of nitrogens with zero attached hydrogens (tertiary/aromatic N) is 2. The molecule has 1 aromatic carbocycles. The van der Waals surface area contributed by atoms with Crippen molar-refractivity contribution in [3.8, 4) is 0 Å². The number of rotatable bonds is 9. The minimum absolute atomic E-state index is 0.716. The van der Waals surface area contributed by atoms with E-state index in [1.54, 1.807) is 0 Å². The summed E-state index contributed by atoms with van der Waals surface area (Å²) < 4.78 is 0.